The normalized spacial score (nSPS) is 24.2. The van der Waals surface area contributed by atoms with Crippen molar-refractivity contribution in [1.82, 2.24) is 10.2 Å². The van der Waals surface area contributed by atoms with Gasteiger partial charge in [0.1, 0.15) is 17.9 Å². The summed E-state index contributed by atoms with van der Waals surface area (Å²) < 4.78 is 5.65. The minimum absolute atomic E-state index is 0.139. The molecule has 0 bridgehead atoms. The molecular formula is C23H26N2O5. The summed E-state index contributed by atoms with van der Waals surface area (Å²) in [6.45, 7) is 0.742. The monoisotopic (exact) mass is 410 g/mol. The first kappa shape index (κ1) is 20.4. The van der Waals surface area contributed by atoms with Crippen LogP contribution in [0.15, 0.2) is 54.6 Å². The molecule has 2 aromatic carbocycles. The Morgan fingerprint density at radius 3 is 2.60 bits per heavy atom. The first-order chi connectivity index (χ1) is 14.5. The molecule has 3 N–H and O–H groups in total. The molecule has 30 heavy (non-hydrogen) atoms. The summed E-state index contributed by atoms with van der Waals surface area (Å²) in [5, 5.41) is 22.8. The number of phenolic OH excluding ortho intramolecular Hbond substituents is 1. The van der Waals surface area contributed by atoms with Gasteiger partial charge >= 0.3 is 0 Å². The van der Waals surface area contributed by atoms with Crippen molar-refractivity contribution in [2.45, 2.75) is 43.6 Å². The average Bonchev–Trinajstić information content (AvgIpc) is 3.16. The molecule has 7 nitrogen and oxygen atoms in total. The van der Waals surface area contributed by atoms with Crippen LogP contribution in [0.1, 0.15) is 28.8 Å². The third kappa shape index (κ3) is 4.32. The van der Waals surface area contributed by atoms with Crippen molar-refractivity contribution in [3.63, 3.8) is 0 Å². The highest BCUT2D eigenvalue weighted by molar-refractivity contribution is 5.97. The van der Waals surface area contributed by atoms with Crippen LogP contribution in [0.4, 0.5) is 0 Å². The number of aliphatic hydroxyl groups is 1. The Morgan fingerprint density at radius 2 is 1.87 bits per heavy atom. The molecule has 2 heterocycles. The molecule has 4 atom stereocenters. The number of nitrogens with zero attached hydrogens (tertiary/aromatic N) is 1. The van der Waals surface area contributed by atoms with Crippen LogP contribution in [0.2, 0.25) is 0 Å². The summed E-state index contributed by atoms with van der Waals surface area (Å²) >= 11 is 0. The summed E-state index contributed by atoms with van der Waals surface area (Å²) in [6.07, 6.45) is 0.987. The number of rotatable bonds is 5. The maximum absolute atomic E-state index is 13.5. The van der Waals surface area contributed by atoms with Crippen molar-refractivity contribution in [2.24, 2.45) is 0 Å². The lowest BCUT2D eigenvalue weighted by Crippen LogP contribution is -2.59. The number of hydrogen-bond acceptors (Lipinski definition) is 5. The molecule has 7 heteroatoms. The van der Waals surface area contributed by atoms with Gasteiger partial charge in [-0.25, -0.2) is 0 Å². The largest absolute Gasteiger partial charge is 0.508 e. The molecule has 0 aliphatic carbocycles. The Hall–Kier alpha value is -2.90. The second kappa shape index (κ2) is 8.85. The maximum atomic E-state index is 13.5. The molecule has 0 radical (unpaired) electrons. The van der Waals surface area contributed by atoms with Crippen molar-refractivity contribution < 1.29 is 24.5 Å². The number of nitrogens with one attached hydrogen (secondary N) is 1. The van der Waals surface area contributed by atoms with E-state index in [1.165, 1.54) is 0 Å². The van der Waals surface area contributed by atoms with Gasteiger partial charge in [0.25, 0.3) is 5.91 Å². The van der Waals surface area contributed by atoms with Gasteiger partial charge in [-0.15, -0.1) is 0 Å². The third-order valence-corrected chi connectivity index (χ3v) is 5.80. The molecule has 1 unspecified atom stereocenters. The van der Waals surface area contributed by atoms with E-state index < -0.39 is 12.1 Å². The maximum Gasteiger partial charge on any atom is 0.251 e. The molecule has 0 saturated carbocycles. The number of aromatic hydroxyl groups is 1. The number of phenols is 1. The minimum Gasteiger partial charge on any atom is -0.508 e. The van der Waals surface area contributed by atoms with Gasteiger partial charge in [0.05, 0.1) is 18.8 Å². The molecule has 158 valence electrons. The van der Waals surface area contributed by atoms with E-state index in [4.69, 9.17) is 4.74 Å². The number of benzene rings is 2. The van der Waals surface area contributed by atoms with E-state index in [9.17, 15) is 19.8 Å². The van der Waals surface area contributed by atoms with Crippen LogP contribution in [0.25, 0.3) is 0 Å². The number of amides is 2. The zero-order valence-electron chi connectivity index (χ0n) is 16.6. The first-order valence-corrected chi connectivity index (χ1v) is 10.3. The fraction of sp³-hybridized carbons (Fsp3) is 0.391. The Balaban J connectivity index is 1.57. The summed E-state index contributed by atoms with van der Waals surface area (Å²) in [5.41, 5.74) is 1.29. The Bertz CT molecular complexity index is 884. The average molecular weight is 410 g/mol. The quantitative estimate of drug-likeness (QED) is 0.694. The summed E-state index contributed by atoms with van der Waals surface area (Å²) in [6, 6.07) is 14.2. The zero-order chi connectivity index (χ0) is 21.1. The number of likely N-dealkylation sites (tertiary alicyclic amines) is 1. The molecular weight excluding hydrogens is 384 g/mol. The van der Waals surface area contributed by atoms with E-state index in [0.717, 1.165) is 18.4 Å². The van der Waals surface area contributed by atoms with Gasteiger partial charge in [-0.1, -0.05) is 30.3 Å². The second-order valence-electron chi connectivity index (χ2n) is 7.87. The van der Waals surface area contributed by atoms with E-state index in [-0.39, 0.29) is 42.7 Å². The highest BCUT2D eigenvalue weighted by Gasteiger charge is 2.45. The lowest BCUT2D eigenvalue weighted by Gasteiger charge is -2.39. The molecule has 4 rings (SSSR count). The number of ether oxygens (including phenoxy) is 1. The van der Waals surface area contributed by atoms with Crippen LogP contribution in [0.5, 0.6) is 5.75 Å². The topological polar surface area (TPSA) is 99.1 Å². The standard InChI is InChI=1S/C23H26N2O5/c26-17-10-8-15(9-11-17)13-18(24-22(28)16-5-2-1-3-6-16)23(29)25-12-4-7-20-21(25)19(27)14-30-20/h1-3,5-6,8-11,18-21,26-27H,4,7,12-14H2,(H,24,28)/t18-,19?,20+,21+/m0/s1. The van der Waals surface area contributed by atoms with Crippen LogP contribution in [0.3, 0.4) is 0 Å². The lowest BCUT2D eigenvalue weighted by atomic mass is 9.94. The minimum atomic E-state index is -0.797. The number of carbonyl (C=O) groups is 2. The van der Waals surface area contributed by atoms with Crippen molar-refractivity contribution >= 4 is 11.8 Å². The zero-order valence-corrected chi connectivity index (χ0v) is 16.6. The Labute approximate surface area is 175 Å². The van der Waals surface area contributed by atoms with Gasteiger partial charge in [0.2, 0.25) is 5.91 Å². The molecule has 0 spiro atoms. The van der Waals surface area contributed by atoms with Crippen molar-refractivity contribution in [3.8, 4) is 5.75 Å². The number of hydrogen-bond donors (Lipinski definition) is 3. The van der Waals surface area contributed by atoms with E-state index in [0.29, 0.717) is 12.1 Å². The van der Waals surface area contributed by atoms with E-state index in [2.05, 4.69) is 5.32 Å². The van der Waals surface area contributed by atoms with E-state index in [1.54, 1.807) is 53.4 Å². The summed E-state index contributed by atoms with van der Waals surface area (Å²) in [5.74, 6) is -0.420. The molecule has 2 aliphatic heterocycles. The van der Waals surface area contributed by atoms with Crippen LogP contribution in [0, 0.1) is 0 Å². The smallest absolute Gasteiger partial charge is 0.251 e. The molecule has 2 aliphatic rings. The Kier molecular flexibility index (Phi) is 6.01. The van der Waals surface area contributed by atoms with Gasteiger partial charge in [-0.2, -0.15) is 0 Å². The van der Waals surface area contributed by atoms with Gasteiger partial charge < -0.3 is 25.2 Å². The number of fused-ring (bicyclic) bond motifs is 1. The van der Waals surface area contributed by atoms with Gasteiger partial charge in [-0.05, 0) is 42.7 Å². The molecule has 2 amide bonds. The highest BCUT2D eigenvalue weighted by atomic mass is 16.5. The number of carbonyl (C=O) groups excluding carboxylic acids is 2. The molecule has 2 fully saturated rings. The van der Waals surface area contributed by atoms with Crippen LogP contribution >= 0.6 is 0 Å². The van der Waals surface area contributed by atoms with Crippen LogP contribution in [-0.4, -0.2) is 64.4 Å². The number of aliphatic hydroxyl groups excluding tert-OH is 1. The number of piperidine rings is 1. The second-order valence-corrected chi connectivity index (χ2v) is 7.87. The highest BCUT2D eigenvalue weighted by Crippen LogP contribution is 2.29. The summed E-state index contributed by atoms with van der Waals surface area (Å²) in [7, 11) is 0. The van der Waals surface area contributed by atoms with Gasteiger partial charge in [0, 0.05) is 18.5 Å². The van der Waals surface area contributed by atoms with Crippen molar-refractivity contribution in [2.75, 3.05) is 13.2 Å². The van der Waals surface area contributed by atoms with Crippen LogP contribution in [-0.2, 0) is 16.0 Å². The van der Waals surface area contributed by atoms with Gasteiger partial charge in [-0.3, -0.25) is 9.59 Å². The first-order valence-electron chi connectivity index (χ1n) is 10.3. The molecule has 2 aromatic rings. The molecule has 0 aromatic heterocycles. The van der Waals surface area contributed by atoms with Crippen LogP contribution < -0.4 is 5.32 Å². The molecule has 2 saturated heterocycles. The van der Waals surface area contributed by atoms with Crippen molar-refractivity contribution in [3.05, 3.63) is 65.7 Å². The predicted molar refractivity (Wildman–Crippen MR) is 110 cm³/mol. The lowest BCUT2D eigenvalue weighted by molar-refractivity contribution is -0.140. The fourth-order valence-electron chi connectivity index (χ4n) is 4.30. The van der Waals surface area contributed by atoms with Crippen molar-refractivity contribution in [1.29, 1.82) is 0 Å². The van der Waals surface area contributed by atoms with Gasteiger partial charge in [0.15, 0.2) is 0 Å². The summed E-state index contributed by atoms with van der Waals surface area (Å²) in [4.78, 5) is 28.0. The SMILES string of the molecule is O=C(N[C@@H](Cc1ccc(O)cc1)C(=O)N1CCC[C@H]2OCC(O)[C@H]21)c1ccccc1. The van der Waals surface area contributed by atoms with E-state index in [1.807, 2.05) is 6.07 Å². The fourth-order valence-corrected chi connectivity index (χ4v) is 4.30. The third-order valence-electron chi connectivity index (χ3n) is 5.80. The van der Waals surface area contributed by atoms with E-state index >= 15 is 0 Å². The predicted octanol–water partition coefficient (Wildman–Crippen LogP) is 1.48. The Morgan fingerprint density at radius 1 is 1.13 bits per heavy atom.